The number of halogens is 4. The molecule has 0 bridgehead atoms. The Bertz CT molecular complexity index is 629. The SMILES string of the molecule is Cn1c(=O)[nH]c2cc(OC(F)(F)F)cc(Br)c21. The Balaban J connectivity index is 2.60. The molecular weight excluding hydrogens is 305 g/mol. The van der Waals surface area contributed by atoms with Gasteiger partial charge in [-0.2, -0.15) is 0 Å². The van der Waals surface area contributed by atoms with E-state index in [2.05, 4.69) is 25.7 Å². The number of ether oxygens (including phenoxy) is 1. The molecule has 0 radical (unpaired) electrons. The lowest BCUT2D eigenvalue weighted by Crippen LogP contribution is -2.17. The molecule has 0 fully saturated rings. The Morgan fingerprint density at radius 2 is 2.06 bits per heavy atom. The number of fused-ring (bicyclic) bond motifs is 1. The molecule has 4 nitrogen and oxygen atoms in total. The van der Waals surface area contributed by atoms with Crippen LogP contribution in [-0.4, -0.2) is 15.9 Å². The average Bonchev–Trinajstić information content (AvgIpc) is 2.39. The maximum absolute atomic E-state index is 12.0. The van der Waals surface area contributed by atoms with Crippen LogP contribution >= 0.6 is 15.9 Å². The molecule has 0 amide bonds. The molecule has 0 saturated carbocycles. The number of nitrogens with one attached hydrogen (secondary N) is 1. The summed E-state index contributed by atoms with van der Waals surface area (Å²) in [5, 5.41) is 0. The van der Waals surface area contributed by atoms with E-state index in [0.717, 1.165) is 12.1 Å². The third kappa shape index (κ3) is 2.31. The van der Waals surface area contributed by atoms with E-state index in [0.29, 0.717) is 9.99 Å². The van der Waals surface area contributed by atoms with Gasteiger partial charge in [0.2, 0.25) is 0 Å². The number of hydrogen-bond donors (Lipinski definition) is 1. The molecule has 1 aromatic heterocycles. The van der Waals surface area contributed by atoms with Gasteiger partial charge in [0.25, 0.3) is 0 Å². The molecule has 1 N–H and O–H groups in total. The third-order valence-corrected chi connectivity index (χ3v) is 2.76. The highest BCUT2D eigenvalue weighted by molar-refractivity contribution is 9.10. The van der Waals surface area contributed by atoms with E-state index >= 15 is 0 Å². The zero-order valence-electron chi connectivity index (χ0n) is 8.43. The van der Waals surface area contributed by atoms with Crippen LogP contribution in [0.3, 0.4) is 0 Å². The number of aromatic amines is 1. The van der Waals surface area contributed by atoms with Crippen molar-refractivity contribution in [1.82, 2.24) is 9.55 Å². The Morgan fingerprint density at radius 1 is 1.41 bits per heavy atom. The summed E-state index contributed by atoms with van der Waals surface area (Å²) in [7, 11) is 1.51. The minimum atomic E-state index is -4.76. The van der Waals surface area contributed by atoms with Crippen LogP contribution in [-0.2, 0) is 7.05 Å². The summed E-state index contributed by atoms with van der Waals surface area (Å²) < 4.78 is 41.5. The van der Waals surface area contributed by atoms with E-state index in [-0.39, 0.29) is 5.52 Å². The summed E-state index contributed by atoms with van der Waals surface area (Å²) in [6, 6.07) is 2.28. The fourth-order valence-electron chi connectivity index (χ4n) is 1.50. The van der Waals surface area contributed by atoms with Crippen LogP contribution in [0.15, 0.2) is 21.4 Å². The van der Waals surface area contributed by atoms with Gasteiger partial charge in [0.15, 0.2) is 0 Å². The lowest BCUT2D eigenvalue weighted by atomic mass is 10.3. The molecule has 92 valence electrons. The van der Waals surface area contributed by atoms with Crippen LogP contribution in [0, 0.1) is 0 Å². The van der Waals surface area contributed by atoms with Crippen molar-refractivity contribution in [2.45, 2.75) is 6.36 Å². The second-order valence-electron chi connectivity index (χ2n) is 3.34. The molecule has 8 heteroatoms. The second kappa shape index (κ2) is 3.80. The summed E-state index contributed by atoms with van der Waals surface area (Å²) >= 11 is 3.09. The molecule has 2 aromatic rings. The fraction of sp³-hybridized carbons (Fsp3) is 0.222. The summed E-state index contributed by atoms with van der Waals surface area (Å²) in [6.07, 6.45) is -4.76. The number of alkyl halides is 3. The number of imidazole rings is 1. The smallest absolute Gasteiger partial charge is 0.406 e. The number of rotatable bonds is 1. The van der Waals surface area contributed by atoms with Gasteiger partial charge in [-0.25, -0.2) is 4.79 Å². The Hall–Kier alpha value is -1.44. The number of H-pyrrole nitrogens is 1. The molecule has 0 aliphatic heterocycles. The standard InChI is InChI=1S/C9H6BrF3N2O2/c1-15-7-5(10)2-4(17-9(11,12)13)3-6(7)14-8(15)16/h2-3H,1H3,(H,14,16). The molecule has 0 spiro atoms. The number of nitrogens with zero attached hydrogens (tertiary/aromatic N) is 1. The van der Waals surface area contributed by atoms with Crippen molar-refractivity contribution in [3.8, 4) is 5.75 Å². The van der Waals surface area contributed by atoms with Crippen LogP contribution in [0.25, 0.3) is 11.0 Å². The van der Waals surface area contributed by atoms with E-state index in [1.807, 2.05) is 0 Å². The van der Waals surface area contributed by atoms with Crippen LogP contribution in [0.1, 0.15) is 0 Å². The predicted molar refractivity (Wildman–Crippen MR) is 57.9 cm³/mol. The van der Waals surface area contributed by atoms with Crippen molar-refractivity contribution < 1.29 is 17.9 Å². The third-order valence-electron chi connectivity index (χ3n) is 2.15. The molecular formula is C9H6BrF3N2O2. The fourth-order valence-corrected chi connectivity index (χ4v) is 2.21. The maximum Gasteiger partial charge on any atom is 0.573 e. The molecule has 17 heavy (non-hydrogen) atoms. The first kappa shape index (κ1) is 12.0. The molecule has 1 heterocycles. The topological polar surface area (TPSA) is 47.0 Å². The highest BCUT2D eigenvalue weighted by Gasteiger charge is 2.31. The van der Waals surface area contributed by atoms with Crippen LogP contribution < -0.4 is 10.4 Å². The average molecular weight is 311 g/mol. The van der Waals surface area contributed by atoms with E-state index < -0.39 is 17.8 Å². The van der Waals surface area contributed by atoms with Gasteiger partial charge in [-0.3, -0.25) is 4.57 Å². The molecule has 0 aliphatic rings. The zero-order chi connectivity index (χ0) is 12.8. The highest BCUT2D eigenvalue weighted by Crippen LogP contribution is 2.30. The van der Waals surface area contributed by atoms with Crippen LogP contribution in [0.2, 0.25) is 0 Å². The van der Waals surface area contributed by atoms with Gasteiger partial charge in [-0.05, 0) is 22.0 Å². The van der Waals surface area contributed by atoms with Gasteiger partial charge >= 0.3 is 12.1 Å². The van der Waals surface area contributed by atoms with Gasteiger partial charge < -0.3 is 9.72 Å². The van der Waals surface area contributed by atoms with Crippen LogP contribution in [0.4, 0.5) is 13.2 Å². The van der Waals surface area contributed by atoms with E-state index in [1.165, 1.54) is 11.6 Å². The summed E-state index contributed by atoms with van der Waals surface area (Å²) in [5.74, 6) is -0.390. The minimum absolute atomic E-state index is 0.270. The summed E-state index contributed by atoms with van der Waals surface area (Å²) in [4.78, 5) is 13.7. The number of benzene rings is 1. The first-order valence-corrected chi connectivity index (χ1v) is 5.21. The Kier molecular flexibility index (Phi) is 2.69. The van der Waals surface area contributed by atoms with Crippen molar-refractivity contribution in [3.63, 3.8) is 0 Å². The van der Waals surface area contributed by atoms with Crippen molar-refractivity contribution in [3.05, 3.63) is 27.1 Å². The molecule has 1 aromatic carbocycles. The van der Waals surface area contributed by atoms with Gasteiger partial charge in [0.1, 0.15) is 5.75 Å². The Labute approximate surface area is 101 Å². The van der Waals surface area contributed by atoms with Crippen molar-refractivity contribution in [2.24, 2.45) is 7.05 Å². The molecule has 2 rings (SSSR count). The second-order valence-corrected chi connectivity index (χ2v) is 4.19. The monoisotopic (exact) mass is 310 g/mol. The number of aryl methyl sites for hydroxylation is 1. The molecule has 0 saturated heterocycles. The van der Waals surface area contributed by atoms with E-state index in [9.17, 15) is 18.0 Å². The van der Waals surface area contributed by atoms with Gasteiger partial charge in [0, 0.05) is 17.6 Å². The van der Waals surface area contributed by atoms with Crippen molar-refractivity contribution >= 4 is 27.0 Å². The van der Waals surface area contributed by atoms with Gasteiger partial charge in [0.05, 0.1) is 11.0 Å². The molecule has 0 atom stereocenters. The quantitative estimate of drug-likeness (QED) is 0.880. The lowest BCUT2D eigenvalue weighted by molar-refractivity contribution is -0.274. The molecule has 0 aliphatic carbocycles. The van der Waals surface area contributed by atoms with Crippen LogP contribution in [0.5, 0.6) is 5.75 Å². The summed E-state index contributed by atoms with van der Waals surface area (Å²) in [5.41, 5.74) is 0.334. The minimum Gasteiger partial charge on any atom is -0.406 e. The highest BCUT2D eigenvalue weighted by atomic mass is 79.9. The largest absolute Gasteiger partial charge is 0.573 e. The predicted octanol–water partition coefficient (Wildman–Crippen LogP) is 2.53. The first-order valence-electron chi connectivity index (χ1n) is 4.42. The zero-order valence-corrected chi connectivity index (χ0v) is 10.0. The maximum atomic E-state index is 12.0. The lowest BCUT2D eigenvalue weighted by Gasteiger charge is -2.09. The Morgan fingerprint density at radius 3 is 2.65 bits per heavy atom. The summed E-state index contributed by atoms with van der Waals surface area (Å²) in [6.45, 7) is 0. The van der Waals surface area contributed by atoms with Crippen molar-refractivity contribution in [1.29, 1.82) is 0 Å². The van der Waals surface area contributed by atoms with E-state index in [4.69, 9.17) is 0 Å². The van der Waals surface area contributed by atoms with Crippen molar-refractivity contribution in [2.75, 3.05) is 0 Å². The normalized spacial score (nSPS) is 12.1. The van der Waals surface area contributed by atoms with E-state index in [1.54, 1.807) is 0 Å². The number of aromatic nitrogens is 2. The molecule has 0 unspecified atom stereocenters. The van der Waals surface area contributed by atoms with Gasteiger partial charge in [-0.15, -0.1) is 13.2 Å². The van der Waals surface area contributed by atoms with Gasteiger partial charge in [-0.1, -0.05) is 0 Å². The first-order chi connectivity index (χ1) is 7.78. The number of hydrogen-bond acceptors (Lipinski definition) is 2.